The Balaban J connectivity index is 1.73. The average Bonchev–Trinajstić information content (AvgIpc) is 3.17. The van der Waals surface area contributed by atoms with Gasteiger partial charge in [-0.25, -0.2) is 0 Å². The summed E-state index contributed by atoms with van der Waals surface area (Å²) < 4.78 is 45.4. The predicted octanol–water partition coefficient (Wildman–Crippen LogP) is 6.18. The Morgan fingerprint density at radius 1 is 1.15 bits per heavy atom. The van der Waals surface area contributed by atoms with Gasteiger partial charge in [-0.2, -0.15) is 13.2 Å². The zero-order chi connectivity index (χ0) is 25.1. The molecule has 3 rings (SSSR count). The second-order valence-corrected chi connectivity index (χ2v) is 12.9. The van der Waals surface area contributed by atoms with Gasteiger partial charge < -0.3 is 15.4 Å². The van der Waals surface area contributed by atoms with Crippen LogP contribution < -0.4 is 10.6 Å². The molecule has 2 atom stereocenters. The first kappa shape index (κ1) is 27.3. The number of rotatable bonds is 7. The first-order chi connectivity index (χ1) is 15.8. The summed E-state index contributed by atoms with van der Waals surface area (Å²) >= 11 is 1.52. The maximum Gasteiger partial charge on any atom is 0.416 e. The van der Waals surface area contributed by atoms with E-state index in [0.29, 0.717) is 11.6 Å². The van der Waals surface area contributed by atoms with Crippen molar-refractivity contribution >= 4 is 17.7 Å². The molecule has 8 heteroatoms. The van der Waals surface area contributed by atoms with E-state index in [4.69, 9.17) is 4.74 Å². The van der Waals surface area contributed by atoms with Crippen molar-refractivity contribution in [2.24, 2.45) is 11.3 Å². The minimum absolute atomic E-state index is 0.0529. The summed E-state index contributed by atoms with van der Waals surface area (Å²) in [5, 5.41) is 6.75. The molecule has 4 nitrogen and oxygen atoms in total. The molecule has 0 radical (unpaired) electrons. The van der Waals surface area contributed by atoms with Crippen molar-refractivity contribution in [2.45, 2.75) is 101 Å². The third kappa shape index (κ3) is 6.91. The molecule has 1 aromatic rings. The van der Waals surface area contributed by atoms with Crippen LogP contribution in [0.3, 0.4) is 0 Å². The van der Waals surface area contributed by atoms with Crippen molar-refractivity contribution in [1.82, 2.24) is 10.6 Å². The van der Waals surface area contributed by atoms with Crippen LogP contribution in [0.2, 0.25) is 0 Å². The van der Waals surface area contributed by atoms with E-state index in [1.807, 2.05) is 20.8 Å². The number of halogens is 3. The second-order valence-electron chi connectivity index (χ2n) is 11.0. The first-order valence-electron chi connectivity index (χ1n) is 12.3. The SMILES string of the molecule is CC(C)[C@]1(C(=O)NCc2cc(C(F)(F)F)ccc2SC(C)(C)C)CC[C@@H](NC2CCOCC2)C1. The normalized spacial score (nSPS) is 24.6. The van der Waals surface area contributed by atoms with Gasteiger partial charge in [-0.05, 0) is 61.8 Å². The van der Waals surface area contributed by atoms with Crippen LogP contribution in [0.15, 0.2) is 23.1 Å². The summed E-state index contributed by atoms with van der Waals surface area (Å²) in [5.74, 6) is 0.0850. The predicted molar refractivity (Wildman–Crippen MR) is 131 cm³/mol. The smallest absolute Gasteiger partial charge is 0.381 e. The van der Waals surface area contributed by atoms with Crippen LogP contribution in [0, 0.1) is 11.3 Å². The molecular weight excluding hydrogens is 461 g/mol. The molecule has 0 unspecified atom stereocenters. The van der Waals surface area contributed by atoms with Gasteiger partial charge in [0.15, 0.2) is 0 Å². The third-order valence-corrected chi connectivity index (χ3v) is 8.27. The van der Waals surface area contributed by atoms with Gasteiger partial charge >= 0.3 is 6.18 Å². The standard InChI is InChI=1S/C26H39F3N2O2S/c1-17(2)25(11-8-21(15-25)31-20-9-12-33-13-10-20)23(32)30-16-18-14-19(26(27,28)29)6-7-22(18)34-24(3,4)5/h6-7,14,17,20-21,31H,8-13,15-16H2,1-5H3,(H,30,32)/t21-,25+/m1/s1. The largest absolute Gasteiger partial charge is 0.416 e. The fraction of sp³-hybridized carbons (Fsp3) is 0.731. The second kappa shape index (κ2) is 10.8. The highest BCUT2D eigenvalue weighted by molar-refractivity contribution is 8.00. The molecule has 2 N–H and O–H groups in total. The first-order valence-corrected chi connectivity index (χ1v) is 13.1. The van der Waals surface area contributed by atoms with Crippen LogP contribution in [-0.4, -0.2) is 36.0 Å². The molecule has 1 aliphatic carbocycles. The van der Waals surface area contributed by atoms with Crippen LogP contribution in [0.25, 0.3) is 0 Å². The molecule has 192 valence electrons. The van der Waals surface area contributed by atoms with Gasteiger partial charge in [0.25, 0.3) is 0 Å². The van der Waals surface area contributed by atoms with Crippen LogP contribution in [0.5, 0.6) is 0 Å². The summed E-state index contributed by atoms with van der Waals surface area (Å²) in [6.45, 7) is 11.8. The minimum Gasteiger partial charge on any atom is -0.381 e. The lowest BCUT2D eigenvalue weighted by atomic mass is 9.74. The lowest BCUT2D eigenvalue weighted by molar-refractivity contribution is -0.137. The van der Waals surface area contributed by atoms with Gasteiger partial charge in [-0.1, -0.05) is 34.6 Å². The van der Waals surface area contributed by atoms with E-state index in [2.05, 4.69) is 24.5 Å². The molecule has 0 bridgehead atoms. The maximum atomic E-state index is 13.5. The number of hydrogen-bond acceptors (Lipinski definition) is 4. The molecule has 1 aromatic carbocycles. The Hall–Kier alpha value is -1.25. The molecule has 1 aliphatic heterocycles. The van der Waals surface area contributed by atoms with E-state index in [0.717, 1.165) is 56.3 Å². The van der Waals surface area contributed by atoms with Crippen LogP contribution in [-0.2, 0) is 22.3 Å². The summed E-state index contributed by atoms with van der Waals surface area (Å²) in [6.07, 6.45) is 0.0148. The molecule has 2 fully saturated rings. The number of alkyl halides is 3. The van der Waals surface area contributed by atoms with Crippen LogP contribution in [0.4, 0.5) is 13.2 Å². The van der Waals surface area contributed by atoms with E-state index >= 15 is 0 Å². The van der Waals surface area contributed by atoms with E-state index in [1.54, 1.807) is 0 Å². The lowest BCUT2D eigenvalue weighted by Gasteiger charge is -2.33. The lowest BCUT2D eigenvalue weighted by Crippen LogP contribution is -2.45. The molecule has 1 saturated carbocycles. The Morgan fingerprint density at radius 2 is 1.82 bits per heavy atom. The zero-order valence-corrected chi connectivity index (χ0v) is 21.8. The van der Waals surface area contributed by atoms with Gasteiger partial charge in [-0.3, -0.25) is 4.79 Å². The number of hydrogen-bond donors (Lipinski definition) is 2. The summed E-state index contributed by atoms with van der Waals surface area (Å²) in [5.41, 5.74) is -0.686. The van der Waals surface area contributed by atoms with E-state index in [1.165, 1.54) is 23.9 Å². The van der Waals surface area contributed by atoms with Crippen molar-refractivity contribution in [2.75, 3.05) is 13.2 Å². The highest BCUT2D eigenvalue weighted by Crippen LogP contribution is 2.45. The number of thioether (sulfide) groups is 1. The molecule has 1 heterocycles. The quantitative estimate of drug-likeness (QED) is 0.439. The Morgan fingerprint density at radius 3 is 2.41 bits per heavy atom. The van der Waals surface area contributed by atoms with Crippen LogP contribution >= 0.6 is 11.8 Å². The van der Waals surface area contributed by atoms with E-state index in [-0.39, 0.29) is 29.2 Å². The highest BCUT2D eigenvalue weighted by atomic mass is 32.2. The number of benzene rings is 1. The van der Waals surface area contributed by atoms with Gasteiger partial charge in [0.1, 0.15) is 0 Å². The summed E-state index contributed by atoms with van der Waals surface area (Å²) in [4.78, 5) is 14.3. The van der Waals surface area contributed by atoms with E-state index in [9.17, 15) is 18.0 Å². The monoisotopic (exact) mass is 500 g/mol. The summed E-state index contributed by atoms with van der Waals surface area (Å²) in [7, 11) is 0. The number of carbonyl (C=O) groups is 1. The van der Waals surface area contributed by atoms with Crippen molar-refractivity contribution in [3.63, 3.8) is 0 Å². The fourth-order valence-corrected chi connectivity index (χ4v) is 6.14. The van der Waals surface area contributed by atoms with Gasteiger partial charge in [0, 0.05) is 41.5 Å². The van der Waals surface area contributed by atoms with Gasteiger partial charge in [0.05, 0.1) is 11.0 Å². The number of amides is 1. The zero-order valence-electron chi connectivity index (χ0n) is 21.0. The van der Waals surface area contributed by atoms with Crippen LogP contribution in [0.1, 0.15) is 77.8 Å². The topological polar surface area (TPSA) is 50.4 Å². The van der Waals surface area contributed by atoms with Crippen molar-refractivity contribution in [1.29, 1.82) is 0 Å². The highest BCUT2D eigenvalue weighted by Gasteiger charge is 2.47. The molecule has 2 aliphatic rings. The van der Waals surface area contributed by atoms with Crippen molar-refractivity contribution in [3.8, 4) is 0 Å². The van der Waals surface area contributed by atoms with Gasteiger partial charge in [-0.15, -0.1) is 11.8 Å². The molecule has 1 amide bonds. The fourth-order valence-electron chi connectivity index (χ4n) is 5.08. The Labute approximate surface area is 206 Å². The molecule has 0 aromatic heterocycles. The van der Waals surface area contributed by atoms with Crippen molar-refractivity contribution in [3.05, 3.63) is 29.3 Å². The minimum atomic E-state index is -4.42. The average molecular weight is 501 g/mol. The number of carbonyl (C=O) groups excluding carboxylic acids is 1. The van der Waals surface area contributed by atoms with Gasteiger partial charge in [0.2, 0.25) is 5.91 Å². The Kier molecular flexibility index (Phi) is 8.68. The molecule has 0 spiro atoms. The molecule has 1 saturated heterocycles. The number of nitrogens with one attached hydrogen (secondary N) is 2. The Bertz CT molecular complexity index is 847. The van der Waals surface area contributed by atoms with E-state index < -0.39 is 17.2 Å². The molecule has 34 heavy (non-hydrogen) atoms. The maximum absolute atomic E-state index is 13.5. The summed E-state index contributed by atoms with van der Waals surface area (Å²) in [6, 6.07) is 4.53. The third-order valence-electron chi connectivity index (χ3n) is 7.04. The van der Waals surface area contributed by atoms with Crippen molar-refractivity contribution < 1.29 is 22.7 Å². The number of ether oxygens (including phenoxy) is 1. The molecular formula is C26H39F3N2O2S.